The highest BCUT2D eigenvalue weighted by Gasteiger charge is 2.26. The van der Waals surface area contributed by atoms with E-state index in [1.54, 1.807) is 18.2 Å². The Morgan fingerprint density at radius 2 is 1.77 bits per heavy atom. The number of hydrogen-bond acceptors (Lipinski definition) is 8. The molecule has 0 aliphatic carbocycles. The molecule has 1 atom stereocenters. The lowest BCUT2D eigenvalue weighted by molar-refractivity contribution is -0.387. The lowest BCUT2D eigenvalue weighted by Gasteiger charge is -2.14. The van der Waals surface area contributed by atoms with Gasteiger partial charge in [0.1, 0.15) is 4.90 Å². The first-order chi connectivity index (χ1) is 13.9. The summed E-state index contributed by atoms with van der Waals surface area (Å²) in [5, 5.41) is 13.6. The third-order valence-electron chi connectivity index (χ3n) is 3.98. The van der Waals surface area contributed by atoms with Crippen LogP contribution in [0.25, 0.3) is 0 Å². The van der Waals surface area contributed by atoms with Crippen molar-refractivity contribution in [2.24, 2.45) is 0 Å². The van der Waals surface area contributed by atoms with Gasteiger partial charge in [0.25, 0.3) is 11.6 Å². The maximum atomic E-state index is 12.3. The van der Waals surface area contributed by atoms with Gasteiger partial charge in [-0.15, -0.1) is 0 Å². The Morgan fingerprint density at radius 1 is 1.10 bits per heavy atom. The predicted octanol–water partition coefficient (Wildman–Crippen LogP) is 2.38. The third-order valence-corrected chi connectivity index (χ3v) is 5.12. The molecule has 0 saturated heterocycles. The van der Waals surface area contributed by atoms with Gasteiger partial charge in [0.2, 0.25) is 0 Å². The fraction of sp³-hybridized carbons (Fsp3) is 0.211. The zero-order valence-electron chi connectivity index (χ0n) is 16.2. The van der Waals surface area contributed by atoms with Crippen LogP contribution in [0.2, 0.25) is 0 Å². The molecule has 0 aliphatic heterocycles. The summed E-state index contributed by atoms with van der Waals surface area (Å²) in [6.07, 6.45) is -0.465. The molecular formula is C19H18N2O8S. The van der Waals surface area contributed by atoms with E-state index in [2.05, 4.69) is 5.32 Å². The summed E-state index contributed by atoms with van der Waals surface area (Å²) >= 11 is 0. The van der Waals surface area contributed by atoms with Crippen LogP contribution in [-0.4, -0.2) is 43.4 Å². The smallest absolute Gasteiger partial charge is 0.339 e. The van der Waals surface area contributed by atoms with Crippen molar-refractivity contribution in [3.05, 3.63) is 63.7 Å². The number of ether oxygens (including phenoxy) is 1. The van der Waals surface area contributed by atoms with Crippen molar-refractivity contribution in [3.8, 4) is 0 Å². The molecule has 0 spiro atoms. The van der Waals surface area contributed by atoms with Crippen LogP contribution in [0.4, 0.5) is 11.4 Å². The molecule has 0 aromatic heterocycles. The van der Waals surface area contributed by atoms with Crippen molar-refractivity contribution in [2.75, 3.05) is 11.6 Å². The minimum Gasteiger partial charge on any atom is -0.449 e. The fourth-order valence-electron chi connectivity index (χ4n) is 2.44. The van der Waals surface area contributed by atoms with Crippen molar-refractivity contribution in [1.82, 2.24) is 0 Å². The van der Waals surface area contributed by atoms with Gasteiger partial charge in [-0.3, -0.25) is 19.7 Å². The van der Waals surface area contributed by atoms with Crippen LogP contribution in [0.5, 0.6) is 0 Å². The SMILES string of the molecule is CC(=O)c1cccc(NC(=O)C(C)OC(=O)c2ccc(S(C)(=O)=O)c([N+](=O)[O-])c2)c1. The topological polar surface area (TPSA) is 150 Å². The summed E-state index contributed by atoms with van der Waals surface area (Å²) in [6.45, 7) is 2.67. The lowest BCUT2D eigenvalue weighted by atomic mass is 10.1. The van der Waals surface area contributed by atoms with Crippen LogP contribution in [0.3, 0.4) is 0 Å². The number of sulfone groups is 1. The molecule has 1 unspecified atom stereocenters. The largest absolute Gasteiger partial charge is 0.449 e. The summed E-state index contributed by atoms with van der Waals surface area (Å²) in [4.78, 5) is 45.6. The fourth-order valence-corrected chi connectivity index (χ4v) is 3.27. The Bertz CT molecular complexity index is 1140. The number of esters is 1. The highest BCUT2D eigenvalue weighted by Crippen LogP contribution is 2.25. The Morgan fingerprint density at radius 3 is 2.33 bits per heavy atom. The van der Waals surface area contributed by atoms with Gasteiger partial charge in [-0.2, -0.15) is 0 Å². The Labute approximate surface area is 171 Å². The van der Waals surface area contributed by atoms with Gasteiger partial charge in [-0.1, -0.05) is 12.1 Å². The maximum absolute atomic E-state index is 12.3. The van der Waals surface area contributed by atoms with Gasteiger partial charge >= 0.3 is 5.97 Å². The van der Waals surface area contributed by atoms with Crippen molar-refractivity contribution in [1.29, 1.82) is 0 Å². The number of amides is 1. The minimum atomic E-state index is -3.88. The second kappa shape index (κ2) is 8.82. The van der Waals surface area contributed by atoms with E-state index in [1.165, 1.54) is 19.9 Å². The molecule has 0 saturated carbocycles. The number of anilines is 1. The molecule has 0 radical (unpaired) electrons. The molecule has 0 aliphatic rings. The molecule has 0 bridgehead atoms. The number of nitro groups is 1. The number of benzene rings is 2. The number of nitro benzene ring substituents is 1. The molecule has 1 amide bonds. The molecule has 0 heterocycles. The van der Waals surface area contributed by atoms with E-state index in [9.17, 15) is 32.9 Å². The van der Waals surface area contributed by atoms with E-state index in [4.69, 9.17) is 4.74 Å². The summed E-state index contributed by atoms with van der Waals surface area (Å²) in [7, 11) is -3.88. The number of rotatable bonds is 7. The average Bonchev–Trinajstić information content (AvgIpc) is 2.66. The normalized spacial score (nSPS) is 12.0. The number of nitrogens with one attached hydrogen (secondary N) is 1. The molecule has 158 valence electrons. The molecule has 30 heavy (non-hydrogen) atoms. The summed E-state index contributed by atoms with van der Waals surface area (Å²) in [5.41, 5.74) is -0.350. The van der Waals surface area contributed by atoms with Crippen LogP contribution in [-0.2, 0) is 19.4 Å². The quantitative estimate of drug-likeness (QED) is 0.302. The molecule has 2 rings (SSSR count). The Hall–Kier alpha value is -3.60. The van der Waals surface area contributed by atoms with Gasteiger partial charge in [0, 0.05) is 23.6 Å². The van der Waals surface area contributed by atoms with E-state index < -0.39 is 43.3 Å². The highest BCUT2D eigenvalue weighted by atomic mass is 32.2. The average molecular weight is 434 g/mol. The van der Waals surface area contributed by atoms with Gasteiger partial charge in [-0.25, -0.2) is 13.2 Å². The summed E-state index contributed by atoms with van der Waals surface area (Å²) < 4.78 is 28.3. The molecule has 10 nitrogen and oxygen atoms in total. The van der Waals surface area contributed by atoms with Crippen LogP contribution in [0, 0.1) is 10.1 Å². The Balaban J connectivity index is 2.16. The number of carbonyl (C=O) groups is 3. The molecule has 11 heteroatoms. The molecule has 1 N–H and O–H groups in total. The van der Waals surface area contributed by atoms with Crippen LogP contribution >= 0.6 is 0 Å². The first-order valence-corrected chi connectivity index (χ1v) is 10.4. The second-order valence-electron chi connectivity index (χ2n) is 6.39. The van der Waals surface area contributed by atoms with Crippen molar-refractivity contribution < 1.29 is 32.5 Å². The number of Topliss-reactive ketones (excluding diaryl/α,β-unsaturated/α-hetero) is 1. The Kier molecular flexibility index (Phi) is 6.67. The number of ketones is 1. The van der Waals surface area contributed by atoms with Gasteiger partial charge < -0.3 is 10.1 Å². The number of hydrogen-bond donors (Lipinski definition) is 1. The van der Waals surface area contributed by atoms with Crippen LogP contribution in [0.1, 0.15) is 34.6 Å². The zero-order chi connectivity index (χ0) is 22.6. The van der Waals surface area contributed by atoms with E-state index in [0.717, 1.165) is 24.5 Å². The molecular weight excluding hydrogens is 416 g/mol. The number of carbonyl (C=O) groups excluding carboxylic acids is 3. The first kappa shape index (κ1) is 22.7. The molecule has 0 fully saturated rings. The van der Waals surface area contributed by atoms with Crippen molar-refractivity contribution in [2.45, 2.75) is 24.8 Å². The summed E-state index contributed by atoms with van der Waals surface area (Å²) in [5.74, 6) is -1.92. The monoisotopic (exact) mass is 434 g/mol. The van der Waals surface area contributed by atoms with E-state index >= 15 is 0 Å². The van der Waals surface area contributed by atoms with Crippen LogP contribution < -0.4 is 5.32 Å². The zero-order valence-corrected chi connectivity index (χ0v) is 17.1. The second-order valence-corrected chi connectivity index (χ2v) is 8.37. The number of nitrogens with zero attached hydrogens (tertiary/aromatic N) is 1. The van der Waals surface area contributed by atoms with Gasteiger partial charge in [0.05, 0.1) is 10.5 Å². The maximum Gasteiger partial charge on any atom is 0.339 e. The predicted molar refractivity (Wildman–Crippen MR) is 106 cm³/mol. The van der Waals surface area contributed by atoms with E-state index in [0.29, 0.717) is 11.3 Å². The van der Waals surface area contributed by atoms with Crippen molar-refractivity contribution in [3.63, 3.8) is 0 Å². The van der Waals surface area contributed by atoms with E-state index in [1.807, 2.05) is 0 Å². The molecule has 2 aromatic rings. The third kappa shape index (κ3) is 5.47. The minimum absolute atomic E-state index is 0.190. The van der Waals surface area contributed by atoms with E-state index in [-0.39, 0.29) is 11.3 Å². The first-order valence-electron chi connectivity index (χ1n) is 8.51. The van der Waals surface area contributed by atoms with Crippen molar-refractivity contribution >= 4 is 38.9 Å². The lowest BCUT2D eigenvalue weighted by Crippen LogP contribution is -2.30. The standard InChI is InChI=1S/C19H18N2O8S/c1-11(22)13-5-4-6-15(9-13)20-18(23)12(2)29-19(24)14-7-8-17(30(3,27)28)16(10-14)21(25)26/h4-10,12H,1-3H3,(H,20,23). The molecule has 2 aromatic carbocycles. The summed E-state index contributed by atoms with van der Waals surface area (Å²) in [6, 6.07) is 8.93. The van der Waals surface area contributed by atoms with Gasteiger partial charge in [-0.05, 0) is 38.1 Å². The van der Waals surface area contributed by atoms with Crippen LogP contribution in [0.15, 0.2) is 47.4 Å². The highest BCUT2D eigenvalue weighted by molar-refractivity contribution is 7.90. The van der Waals surface area contributed by atoms with Gasteiger partial charge in [0.15, 0.2) is 21.7 Å².